The summed E-state index contributed by atoms with van der Waals surface area (Å²) in [4.78, 5) is 4.40. The molecule has 1 aromatic heterocycles. The molecule has 0 saturated heterocycles. The van der Waals surface area contributed by atoms with Crippen LogP contribution in [0, 0.1) is 12.8 Å². The van der Waals surface area contributed by atoms with E-state index >= 15 is 0 Å². The van der Waals surface area contributed by atoms with Gasteiger partial charge in [0.25, 0.3) is 0 Å². The molecule has 1 saturated carbocycles. The van der Waals surface area contributed by atoms with E-state index in [0.29, 0.717) is 6.04 Å². The summed E-state index contributed by atoms with van der Waals surface area (Å²) in [5.74, 6) is 1.81. The van der Waals surface area contributed by atoms with Crippen molar-refractivity contribution in [3.05, 3.63) is 23.9 Å². The normalized spacial score (nSPS) is 26.3. The molecule has 0 bridgehead atoms. The van der Waals surface area contributed by atoms with E-state index in [1.165, 1.54) is 31.2 Å². The number of nitrogens with zero attached hydrogens (tertiary/aromatic N) is 1. The van der Waals surface area contributed by atoms with Gasteiger partial charge in [-0.15, -0.1) is 0 Å². The number of rotatable bonds is 2. The first-order valence-electron chi connectivity index (χ1n) is 5.95. The third kappa shape index (κ3) is 2.71. The van der Waals surface area contributed by atoms with Crippen molar-refractivity contribution in [2.75, 3.05) is 5.32 Å². The number of aromatic nitrogens is 1. The van der Waals surface area contributed by atoms with E-state index in [2.05, 4.69) is 36.3 Å². The van der Waals surface area contributed by atoms with E-state index in [0.717, 1.165) is 11.7 Å². The minimum atomic E-state index is 0.619. The summed E-state index contributed by atoms with van der Waals surface area (Å²) in [6.45, 7) is 4.41. The smallest absolute Gasteiger partial charge is 0.126 e. The van der Waals surface area contributed by atoms with Crippen LogP contribution in [0.4, 0.5) is 5.82 Å². The molecule has 1 aliphatic rings. The van der Waals surface area contributed by atoms with Crippen molar-refractivity contribution < 1.29 is 0 Å². The summed E-state index contributed by atoms with van der Waals surface area (Å²) in [6.07, 6.45) is 7.31. The fraction of sp³-hybridized carbons (Fsp3) is 0.615. The van der Waals surface area contributed by atoms with Crippen molar-refractivity contribution in [2.24, 2.45) is 5.92 Å². The highest BCUT2D eigenvalue weighted by Crippen LogP contribution is 2.26. The second-order valence-electron chi connectivity index (χ2n) is 4.73. The van der Waals surface area contributed by atoms with Gasteiger partial charge < -0.3 is 5.32 Å². The highest BCUT2D eigenvalue weighted by atomic mass is 15.0. The zero-order chi connectivity index (χ0) is 10.7. The van der Waals surface area contributed by atoms with Crippen molar-refractivity contribution in [3.63, 3.8) is 0 Å². The Hall–Kier alpha value is -1.05. The van der Waals surface area contributed by atoms with Crippen LogP contribution in [-0.2, 0) is 0 Å². The number of aryl methyl sites for hydroxylation is 1. The molecule has 0 radical (unpaired) electrons. The molecule has 15 heavy (non-hydrogen) atoms. The molecule has 82 valence electrons. The first kappa shape index (κ1) is 10.5. The van der Waals surface area contributed by atoms with E-state index in [4.69, 9.17) is 0 Å². The summed E-state index contributed by atoms with van der Waals surface area (Å²) in [6, 6.07) is 4.81. The molecule has 1 fully saturated rings. The lowest BCUT2D eigenvalue weighted by atomic mass is 9.86. The van der Waals surface area contributed by atoms with Crippen LogP contribution in [0.25, 0.3) is 0 Å². The fourth-order valence-corrected chi connectivity index (χ4v) is 2.27. The van der Waals surface area contributed by atoms with Gasteiger partial charge in [-0.2, -0.15) is 0 Å². The minimum absolute atomic E-state index is 0.619. The summed E-state index contributed by atoms with van der Waals surface area (Å²) in [5.41, 5.74) is 1.22. The van der Waals surface area contributed by atoms with Crippen molar-refractivity contribution in [1.82, 2.24) is 4.98 Å². The van der Waals surface area contributed by atoms with Gasteiger partial charge in [-0.25, -0.2) is 4.98 Å². The molecule has 2 unspecified atom stereocenters. The van der Waals surface area contributed by atoms with Gasteiger partial charge in [-0.3, -0.25) is 0 Å². The maximum Gasteiger partial charge on any atom is 0.126 e. The van der Waals surface area contributed by atoms with Gasteiger partial charge >= 0.3 is 0 Å². The van der Waals surface area contributed by atoms with Crippen LogP contribution in [0.3, 0.4) is 0 Å². The van der Waals surface area contributed by atoms with Crippen LogP contribution in [0.15, 0.2) is 18.3 Å². The molecule has 0 aliphatic heterocycles. The summed E-state index contributed by atoms with van der Waals surface area (Å²) >= 11 is 0. The van der Waals surface area contributed by atoms with E-state index in [1.54, 1.807) is 0 Å². The molecule has 1 aromatic rings. The summed E-state index contributed by atoms with van der Waals surface area (Å²) in [5, 5.41) is 3.55. The molecule has 1 aliphatic carbocycles. The highest BCUT2D eigenvalue weighted by Gasteiger charge is 2.20. The highest BCUT2D eigenvalue weighted by molar-refractivity contribution is 5.36. The lowest BCUT2D eigenvalue weighted by Crippen LogP contribution is -2.30. The Morgan fingerprint density at radius 1 is 1.27 bits per heavy atom. The second kappa shape index (κ2) is 4.65. The van der Waals surface area contributed by atoms with Gasteiger partial charge in [0.05, 0.1) is 0 Å². The van der Waals surface area contributed by atoms with E-state index in [1.807, 2.05) is 6.20 Å². The molecule has 2 heteroatoms. The summed E-state index contributed by atoms with van der Waals surface area (Å²) < 4.78 is 0. The average molecular weight is 204 g/mol. The van der Waals surface area contributed by atoms with Crippen LogP contribution in [0.1, 0.15) is 38.2 Å². The first-order chi connectivity index (χ1) is 7.25. The van der Waals surface area contributed by atoms with Gasteiger partial charge in [-0.05, 0) is 37.3 Å². The molecule has 2 atom stereocenters. The second-order valence-corrected chi connectivity index (χ2v) is 4.73. The zero-order valence-electron chi connectivity index (χ0n) is 9.66. The lowest BCUT2D eigenvalue weighted by molar-refractivity contribution is 0.349. The maximum absolute atomic E-state index is 4.40. The molecule has 1 heterocycles. The van der Waals surface area contributed by atoms with E-state index in [-0.39, 0.29) is 0 Å². The molecule has 0 amide bonds. The van der Waals surface area contributed by atoms with Crippen LogP contribution in [0.2, 0.25) is 0 Å². The molecule has 0 aromatic carbocycles. The Kier molecular flexibility index (Phi) is 3.24. The molecule has 2 rings (SSSR count). The Balaban J connectivity index is 1.98. The van der Waals surface area contributed by atoms with Crippen molar-refractivity contribution >= 4 is 5.82 Å². The summed E-state index contributed by atoms with van der Waals surface area (Å²) in [7, 11) is 0. The van der Waals surface area contributed by atoms with Crippen LogP contribution in [-0.4, -0.2) is 11.0 Å². The van der Waals surface area contributed by atoms with Gasteiger partial charge in [0.2, 0.25) is 0 Å². The molecule has 0 spiro atoms. The Labute approximate surface area is 92.1 Å². The maximum atomic E-state index is 4.40. The quantitative estimate of drug-likeness (QED) is 0.798. The molecular weight excluding hydrogens is 184 g/mol. The largest absolute Gasteiger partial charge is 0.367 e. The third-order valence-corrected chi connectivity index (χ3v) is 3.36. The molecule has 1 N–H and O–H groups in total. The molecular formula is C13H20N2. The Morgan fingerprint density at radius 3 is 2.73 bits per heavy atom. The van der Waals surface area contributed by atoms with Crippen LogP contribution in [0.5, 0.6) is 0 Å². The lowest BCUT2D eigenvalue weighted by Gasteiger charge is -2.29. The Morgan fingerprint density at radius 2 is 2.07 bits per heavy atom. The Bertz CT molecular complexity index is 305. The van der Waals surface area contributed by atoms with E-state index in [9.17, 15) is 0 Å². The van der Waals surface area contributed by atoms with Gasteiger partial charge in [0, 0.05) is 12.2 Å². The number of anilines is 1. The van der Waals surface area contributed by atoms with E-state index < -0.39 is 0 Å². The van der Waals surface area contributed by atoms with Crippen LogP contribution < -0.4 is 5.32 Å². The predicted molar refractivity (Wildman–Crippen MR) is 64.0 cm³/mol. The number of hydrogen-bond acceptors (Lipinski definition) is 2. The molecule has 2 nitrogen and oxygen atoms in total. The van der Waals surface area contributed by atoms with Gasteiger partial charge in [-0.1, -0.05) is 25.8 Å². The number of nitrogens with one attached hydrogen (secondary N) is 1. The monoisotopic (exact) mass is 204 g/mol. The SMILES string of the molecule is Cc1ccc(NC2CCCCC2C)nc1. The number of hydrogen-bond donors (Lipinski definition) is 1. The third-order valence-electron chi connectivity index (χ3n) is 3.36. The van der Waals surface area contributed by atoms with Crippen LogP contribution >= 0.6 is 0 Å². The topological polar surface area (TPSA) is 24.9 Å². The van der Waals surface area contributed by atoms with Crippen molar-refractivity contribution in [2.45, 2.75) is 45.6 Å². The number of pyridine rings is 1. The van der Waals surface area contributed by atoms with Crippen molar-refractivity contribution in [3.8, 4) is 0 Å². The van der Waals surface area contributed by atoms with Gasteiger partial charge in [0.1, 0.15) is 5.82 Å². The van der Waals surface area contributed by atoms with Gasteiger partial charge in [0.15, 0.2) is 0 Å². The standard InChI is InChI=1S/C13H20N2/c1-10-7-8-13(14-9-10)15-12-6-4-3-5-11(12)2/h7-9,11-12H,3-6H2,1-2H3,(H,14,15). The predicted octanol–water partition coefficient (Wildman–Crippen LogP) is 3.38. The fourth-order valence-electron chi connectivity index (χ4n) is 2.27. The first-order valence-corrected chi connectivity index (χ1v) is 5.95. The minimum Gasteiger partial charge on any atom is -0.367 e. The van der Waals surface area contributed by atoms with Crippen molar-refractivity contribution in [1.29, 1.82) is 0 Å². The average Bonchev–Trinajstić information content (AvgIpc) is 2.25. The zero-order valence-corrected chi connectivity index (χ0v) is 9.66.